The molecule has 11 atom stereocenters. The number of aliphatic imine (C=N–C) groups is 2. The lowest BCUT2D eigenvalue weighted by Crippen LogP contribution is -2.67. The molecule has 3 aromatic carbocycles. The number of carbonyl (C=O) groups excluding carboxylic acids is 1. The number of nitrogens with two attached hydrogens (primary N) is 1. The second-order valence-electron chi connectivity index (χ2n) is 16.6. The van der Waals surface area contributed by atoms with Crippen molar-refractivity contribution in [3.8, 4) is 17.2 Å². The molecule has 1 saturated heterocycles. The average Bonchev–Trinajstić information content (AvgIpc) is 3.96. The first-order valence-electron chi connectivity index (χ1n) is 20.3. The second-order valence-corrected chi connectivity index (χ2v) is 16.6. The predicted octanol–water partition coefficient (Wildman–Crippen LogP) is 2.40. The van der Waals surface area contributed by atoms with Crippen molar-refractivity contribution in [3.63, 3.8) is 0 Å². The largest absolute Gasteiger partial charge is 0.508 e. The van der Waals surface area contributed by atoms with Crippen LogP contribution in [0, 0.1) is 5.92 Å². The number of rotatable bonds is 10. The van der Waals surface area contributed by atoms with E-state index in [1.807, 2.05) is 30.3 Å². The van der Waals surface area contributed by atoms with Crippen molar-refractivity contribution in [2.45, 2.75) is 105 Å². The number of aliphatic hydroxyl groups excluding tert-OH is 4. The third-order valence-corrected chi connectivity index (χ3v) is 13.2. The van der Waals surface area contributed by atoms with Crippen LogP contribution >= 0.6 is 0 Å². The number of ether oxygens (including phenoxy) is 2. The summed E-state index contributed by atoms with van der Waals surface area (Å²) in [5.74, 6) is -7.21. The number of aliphatic carboxylic acids is 1. The van der Waals surface area contributed by atoms with E-state index < -0.39 is 77.7 Å². The number of hydrogen-bond acceptors (Lipinski definition) is 14. The van der Waals surface area contributed by atoms with E-state index in [4.69, 9.17) is 15.2 Å². The molecule has 3 heterocycles. The fourth-order valence-corrected chi connectivity index (χ4v) is 10.0. The molecule has 0 bridgehead atoms. The molecule has 8 rings (SSSR count). The third kappa shape index (κ3) is 7.05. The van der Waals surface area contributed by atoms with Crippen LogP contribution in [0.25, 0.3) is 6.08 Å². The molecule has 0 aromatic heterocycles. The molecule has 2 saturated carbocycles. The number of amides is 1. The summed E-state index contributed by atoms with van der Waals surface area (Å²) in [6.07, 6.45) is -1.15. The molecule has 0 radical (unpaired) electrons. The van der Waals surface area contributed by atoms with Gasteiger partial charge in [0.2, 0.25) is 0 Å². The van der Waals surface area contributed by atoms with Gasteiger partial charge in [0.15, 0.2) is 17.6 Å². The lowest BCUT2D eigenvalue weighted by molar-refractivity contribution is -0.422. The molecule has 318 valence electrons. The maximum absolute atomic E-state index is 14.6. The van der Waals surface area contributed by atoms with Crippen LogP contribution in [0.5, 0.6) is 17.2 Å². The summed E-state index contributed by atoms with van der Waals surface area (Å²) < 4.78 is 10.9. The average molecular weight is 827 g/mol. The highest BCUT2D eigenvalue weighted by atomic mass is 16.8. The molecule has 16 nitrogen and oxygen atoms in total. The topological polar surface area (TPSA) is 268 Å². The minimum absolute atomic E-state index is 0.00611. The van der Waals surface area contributed by atoms with Gasteiger partial charge in [0, 0.05) is 41.0 Å². The zero-order valence-electron chi connectivity index (χ0n) is 32.9. The summed E-state index contributed by atoms with van der Waals surface area (Å²) in [7, 11) is 0. The number of anilines is 1. The van der Waals surface area contributed by atoms with Gasteiger partial charge in [-0.2, -0.15) is 0 Å². The van der Waals surface area contributed by atoms with E-state index in [1.54, 1.807) is 12.1 Å². The molecule has 3 fully saturated rings. The van der Waals surface area contributed by atoms with Crippen LogP contribution in [0.3, 0.4) is 0 Å². The smallest absolute Gasteiger partial charge is 0.355 e. The number of nitrogens with zero attached hydrogens (tertiary/aromatic N) is 3. The number of aliphatic hydroxyl groups is 5. The summed E-state index contributed by atoms with van der Waals surface area (Å²) in [6, 6.07) is 15.0. The first-order valence-corrected chi connectivity index (χ1v) is 20.3. The standard InChI is InChI=1S/C44H50N4O12/c1-22-9-12-25(37-36(22)46-21-47-37)27-16-23(10-13-30(27)50)11-14-35(52)48-29-18-32(59-44(58)41(55)40(54)39(53)33(20-49)60-44)31(51)17-26(29)28(38(48)42(56)57)19-43(15-5-8-34(43)45)24-6-3-2-4-7-24/h2-4,6-7,10-11,13-14,16-18,22,25,28,33-34,38-41,49-51,53-55,58H,5,8-9,12,15,19-21,45H2,1H3,(H,56,57)/t22-,25-,28-,33-,34-,38-,39-,40+,41-,43-,44-/m1/s1. The van der Waals surface area contributed by atoms with Gasteiger partial charge in [0.25, 0.3) is 5.91 Å². The molecule has 16 heteroatoms. The van der Waals surface area contributed by atoms with E-state index in [0.717, 1.165) is 47.2 Å². The van der Waals surface area contributed by atoms with Crippen LogP contribution in [0.2, 0.25) is 0 Å². The molecule has 5 aliphatic rings. The fraction of sp³-hybridized carbons (Fsp3) is 0.455. The molecular weight excluding hydrogens is 776 g/mol. The highest BCUT2D eigenvalue weighted by Gasteiger charge is 2.56. The van der Waals surface area contributed by atoms with Gasteiger partial charge in [-0.1, -0.05) is 49.7 Å². The normalized spacial score (nSPS) is 33.6. The molecule has 2 aliphatic carbocycles. The quantitative estimate of drug-likeness (QED) is 0.105. The number of phenolic OH excluding ortho intramolecular Hbond substituents is 2. The number of phenols is 2. The Kier molecular flexibility index (Phi) is 11.1. The maximum atomic E-state index is 14.6. The Bertz CT molecular complexity index is 2250. The van der Waals surface area contributed by atoms with Gasteiger partial charge < -0.3 is 56.1 Å². The maximum Gasteiger partial charge on any atom is 0.355 e. The summed E-state index contributed by atoms with van der Waals surface area (Å²) >= 11 is 0. The number of hydrogen-bond donors (Lipinski definition) is 9. The molecule has 10 N–H and O–H groups in total. The lowest BCUT2D eigenvalue weighted by atomic mass is 9.68. The molecule has 0 spiro atoms. The van der Waals surface area contributed by atoms with Crippen LogP contribution in [0.15, 0.2) is 76.7 Å². The lowest BCUT2D eigenvalue weighted by Gasteiger charge is -2.44. The van der Waals surface area contributed by atoms with E-state index in [-0.39, 0.29) is 41.3 Å². The van der Waals surface area contributed by atoms with Gasteiger partial charge in [0.1, 0.15) is 36.8 Å². The van der Waals surface area contributed by atoms with Crippen LogP contribution in [0.4, 0.5) is 5.69 Å². The van der Waals surface area contributed by atoms with Crippen molar-refractivity contribution in [3.05, 3.63) is 89.0 Å². The van der Waals surface area contributed by atoms with Gasteiger partial charge in [-0.25, -0.2) is 4.79 Å². The Balaban J connectivity index is 1.19. The number of carbonyl (C=O) groups is 2. The van der Waals surface area contributed by atoms with Crippen LogP contribution in [-0.2, 0) is 19.7 Å². The van der Waals surface area contributed by atoms with Gasteiger partial charge in [-0.3, -0.25) is 19.7 Å². The summed E-state index contributed by atoms with van der Waals surface area (Å²) in [6.45, 7) is 1.55. The molecule has 3 aromatic rings. The zero-order chi connectivity index (χ0) is 42.7. The van der Waals surface area contributed by atoms with E-state index >= 15 is 0 Å². The van der Waals surface area contributed by atoms with E-state index in [1.165, 1.54) is 24.3 Å². The fourth-order valence-electron chi connectivity index (χ4n) is 10.0. The van der Waals surface area contributed by atoms with Crippen molar-refractivity contribution < 1.29 is 59.9 Å². The number of aromatic hydroxyl groups is 2. The number of benzene rings is 3. The van der Waals surface area contributed by atoms with Crippen molar-refractivity contribution in [2.24, 2.45) is 21.6 Å². The minimum atomic E-state index is -3.12. The van der Waals surface area contributed by atoms with E-state index in [9.17, 15) is 50.4 Å². The molecule has 60 heavy (non-hydrogen) atoms. The summed E-state index contributed by atoms with van der Waals surface area (Å²) in [5, 5.41) is 85.9. The Morgan fingerprint density at radius 2 is 1.72 bits per heavy atom. The van der Waals surface area contributed by atoms with E-state index in [0.29, 0.717) is 30.6 Å². The SMILES string of the molecule is C[C@@H]1CC[C@H](c2cc(C=CC(=O)N3c4cc(O[C@@]5(O)O[C@H](CO)[C@@H](O)[C@H](O)[C@H]5O)c(O)cc4[C@@H](C[C@@]4(c5ccccc5)CCC[C@H]4N)[C@@H]3C(=O)O)ccc2O)C2=NCN=C21. The Labute approximate surface area is 345 Å². The predicted molar refractivity (Wildman–Crippen MR) is 218 cm³/mol. The van der Waals surface area contributed by atoms with Crippen molar-refractivity contribution in [2.75, 3.05) is 18.2 Å². The van der Waals surface area contributed by atoms with Gasteiger partial charge in [0.05, 0.1) is 23.7 Å². The van der Waals surface area contributed by atoms with Crippen LogP contribution < -0.4 is 15.4 Å². The van der Waals surface area contributed by atoms with E-state index in [2.05, 4.69) is 16.9 Å². The Morgan fingerprint density at radius 1 is 0.967 bits per heavy atom. The monoisotopic (exact) mass is 826 g/mol. The minimum Gasteiger partial charge on any atom is -0.508 e. The number of carboxylic acids is 1. The van der Waals surface area contributed by atoms with Gasteiger partial charge in [-0.15, -0.1) is 0 Å². The first kappa shape index (κ1) is 41.5. The van der Waals surface area contributed by atoms with Crippen LogP contribution in [-0.4, -0.2) is 120 Å². The van der Waals surface area contributed by atoms with Crippen molar-refractivity contribution in [1.82, 2.24) is 0 Å². The number of fused-ring (bicyclic) bond motifs is 2. The van der Waals surface area contributed by atoms with Crippen LogP contribution in [0.1, 0.15) is 79.5 Å². The third-order valence-electron chi connectivity index (χ3n) is 13.2. The highest BCUT2D eigenvalue weighted by molar-refractivity contribution is 6.46. The molecular formula is C44H50N4O12. The van der Waals surface area contributed by atoms with Gasteiger partial charge in [-0.05, 0) is 79.0 Å². The number of carboxylic acid groups (broad SMARTS) is 1. The summed E-state index contributed by atoms with van der Waals surface area (Å²) in [5.41, 5.74) is 10.3. The molecule has 0 unspecified atom stereocenters. The summed E-state index contributed by atoms with van der Waals surface area (Å²) in [4.78, 5) is 38.3. The van der Waals surface area contributed by atoms with Gasteiger partial charge >= 0.3 is 11.9 Å². The Hall–Kier alpha value is -5.20. The molecule has 1 amide bonds. The highest BCUT2D eigenvalue weighted by Crippen LogP contribution is 2.55. The first-order chi connectivity index (χ1) is 28.7. The van der Waals surface area contributed by atoms with Crippen molar-refractivity contribution in [1.29, 1.82) is 0 Å². The zero-order valence-corrected chi connectivity index (χ0v) is 32.9. The second kappa shape index (κ2) is 16.0. The van der Waals surface area contributed by atoms with Crippen molar-refractivity contribution >= 4 is 35.1 Å². The Morgan fingerprint density at radius 3 is 2.42 bits per heavy atom. The molecule has 3 aliphatic heterocycles.